The Labute approximate surface area is 132 Å². The number of hydrogen-bond acceptors (Lipinski definition) is 6. The lowest BCUT2D eigenvalue weighted by atomic mass is 10.1. The fourth-order valence-corrected chi connectivity index (χ4v) is 1.88. The van der Waals surface area contributed by atoms with Gasteiger partial charge < -0.3 is 9.84 Å². The van der Waals surface area contributed by atoms with Gasteiger partial charge in [-0.2, -0.15) is 0 Å². The second-order valence-corrected chi connectivity index (χ2v) is 4.66. The van der Waals surface area contributed by atoms with Gasteiger partial charge in [-0.25, -0.2) is 0 Å². The lowest BCUT2D eigenvalue weighted by Crippen LogP contribution is -2.06. The summed E-state index contributed by atoms with van der Waals surface area (Å²) in [6.07, 6.45) is 1.31. The van der Waals surface area contributed by atoms with E-state index in [-0.39, 0.29) is 29.4 Å². The Balaban J connectivity index is 2.27. The smallest absolute Gasteiger partial charge is 0.270 e. The quantitative estimate of drug-likeness (QED) is 0.382. The molecular weight excluding hydrogens is 300 g/mol. The molecule has 2 aromatic rings. The highest BCUT2D eigenvalue weighted by Crippen LogP contribution is 2.22. The number of rotatable bonds is 6. The van der Waals surface area contributed by atoms with Crippen LogP contribution in [0.15, 0.2) is 47.5 Å². The minimum absolute atomic E-state index is 0.0289. The highest BCUT2D eigenvalue weighted by atomic mass is 16.6. The zero-order chi connectivity index (χ0) is 16.8. The molecule has 0 atom stereocenters. The van der Waals surface area contributed by atoms with Crippen LogP contribution in [0.4, 0.5) is 11.4 Å². The van der Waals surface area contributed by atoms with Crippen LogP contribution in [-0.4, -0.2) is 35.7 Å². The lowest BCUT2D eigenvalue weighted by molar-refractivity contribution is -0.384. The molecule has 7 heteroatoms. The van der Waals surface area contributed by atoms with E-state index in [4.69, 9.17) is 4.74 Å². The van der Waals surface area contributed by atoms with E-state index in [1.807, 2.05) is 0 Å². The minimum Gasteiger partial charge on any atom is -0.507 e. The van der Waals surface area contributed by atoms with Gasteiger partial charge in [0.2, 0.25) is 0 Å². The molecule has 0 saturated carbocycles. The number of Topliss-reactive ketones (excluding diaryl/α,β-unsaturated/α-hetero) is 1. The third kappa shape index (κ3) is 4.21. The van der Waals surface area contributed by atoms with E-state index in [0.29, 0.717) is 11.3 Å². The molecule has 0 aliphatic rings. The Morgan fingerprint density at radius 2 is 2.13 bits per heavy atom. The molecule has 0 aliphatic carbocycles. The number of nitrogens with zero attached hydrogens (tertiary/aromatic N) is 2. The van der Waals surface area contributed by atoms with Crippen molar-refractivity contribution in [3.63, 3.8) is 0 Å². The fraction of sp³-hybridized carbons (Fsp3) is 0.125. The fourth-order valence-electron chi connectivity index (χ4n) is 1.88. The monoisotopic (exact) mass is 314 g/mol. The number of nitro benzene ring substituents is 1. The van der Waals surface area contributed by atoms with Crippen molar-refractivity contribution in [2.24, 2.45) is 4.99 Å². The summed E-state index contributed by atoms with van der Waals surface area (Å²) in [5.74, 6) is -0.297. The van der Waals surface area contributed by atoms with E-state index in [1.54, 1.807) is 24.3 Å². The first-order valence-corrected chi connectivity index (χ1v) is 6.65. The van der Waals surface area contributed by atoms with E-state index >= 15 is 0 Å². The molecule has 0 saturated heterocycles. The molecule has 23 heavy (non-hydrogen) atoms. The minimum atomic E-state index is -0.555. The molecule has 0 aliphatic heterocycles. The Kier molecular flexibility index (Phi) is 5.16. The van der Waals surface area contributed by atoms with Gasteiger partial charge in [0.05, 0.1) is 10.6 Å². The van der Waals surface area contributed by atoms with Crippen molar-refractivity contribution in [1.82, 2.24) is 0 Å². The zero-order valence-electron chi connectivity index (χ0n) is 12.3. The number of hydrogen-bond donors (Lipinski definition) is 1. The first-order chi connectivity index (χ1) is 11.0. The number of methoxy groups -OCH3 is 1. The number of non-ortho nitro benzene ring substituents is 1. The summed E-state index contributed by atoms with van der Waals surface area (Å²) < 4.78 is 4.79. The summed E-state index contributed by atoms with van der Waals surface area (Å²) in [5, 5.41) is 20.5. The van der Waals surface area contributed by atoms with E-state index in [0.717, 1.165) is 0 Å². The molecule has 0 heterocycles. The predicted molar refractivity (Wildman–Crippen MR) is 84.7 cm³/mol. The second kappa shape index (κ2) is 7.28. The summed E-state index contributed by atoms with van der Waals surface area (Å²) >= 11 is 0. The molecule has 0 unspecified atom stereocenters. The number of carbonyl (C=O) groups is 1. The average molecular weight is 314 g/mol. The number of phenols is 1. The Morgan fingerprint density at radius 3 is 2.83 bits per heavy atom. The van der Waals surface area contributed by atoms with Crippen LogP contribution in [0.1, 0.15) is 15.9 Å². The van der Waals surface area contributed by atoms with Gasteiger partial charge in [0.15, 0.2) is 5.78 Å². The lowest BCUT2D eigenvalue weighted by Gasteiger charge is -2.01. The van der Waals surface area contributed by atoms with Crippen molar-refractivity contribution in [2.75, 3.05) is 13.7 Å². The molecule has 7 nitrogen and oxygen atoms in total. The molecule has 118 valence electrons. The highest BCUT2D eigenvalue weighted by molar-refractivity contribution is 5.98. The summed E-state index contributed by atoms with van der Waals surface area (Å²) in [7, 11) is 1.44. The topological polar surface area (TPSA) is 102 Å². The first-order valence-electron chi connectivity index (χ1n) is 6.65. The van der Waals surface area contributed by atoms with Crippen molar-refractivity contribution < 1.29 is 19.6 Å². The predicted octanol–water partition coefficient (Wildman–Crippen LogP) is 2.88. The van der Waals surface area contributed by atoms with Crippen LogP contribution in [0.2, 0.25) is 0 Å². The third-order valence-corrected chi connectivity index (χ3v) is 3.02. The number of ketones is 1. The molecule has 0 fully saturated rings. The van der Waals surface area contributed by atoms with E-state index < -0.39 is 4.92 Å². The zero-order valence-corrected chi connectivity index (χ0v) is 12.3. The highest BCUT2D eigenvalue weighted by Gasteiger charge is 2.09. The van der Waals surface area contributed by atoms with Crippen LogP contribution in [0.5, 0.6) is 5.75 Å². The van der Waals surface area contributed by atoms with E-state index in [2.05, 4.69) is 4.99 Å². The number of aliphatic imine (C=N–C) groups is 1. The molecule has 0 bridgehead atoms. The maximum Gasteiger partial charge on any atom is 0.270 e. The number of ether oxygens (including phenoxy) is 1. The SMILES string of the molecule is COCC(=O)c1cccc(N=Cc2cc([N+](=O)[O-])ccc2O)c1. The molecule has 0 aromatic heterocycles. The van der Waals surface area contributed by atoms with Crippen molar-refractivity contribution in [1.29, 1.82) is 0 Å². The Morgan fingerprint density at radius 1 is 1.35 bits per heavy atom. The van der Waals surface area contributed by atoms with Crippen molar-refractivity contribution in [2.45, 2.75) is 0 Å². The first kappa shape index (κ1) is 16.3. The number of nitro groups is 1. The normalized spacial score (nSPS) is 10.8. The molecule has 0 amide bonds. The number of benzene rings is 2. The third-order valence-electron chi connectivity index (χ3n) is 3.02. The Bertz CT molecular complexity index is 771. The van der Waals surface area contributed by atoms with Gasteiger partial charge in [-0.05, 0) is 18.2 Å². The maximum atomic E-state index is 11.8. The number of carbonyl (C=O) groups excluding carboxylic acids is 1. The van der Waals surface area contributed by atoms with Gasteiger partial charge in [-0.3, -0.25) is 19.9 Å². The van der Waals surface area contributed by atoms with Crippen LogP contribution in [-0.2, 0) is 4.74 Å². The van der Waals surface area contributed by atoms with Gasteiger partial charge in [0.1, 0.15) is 12.4 Å². The van der Waals surface area contributed by atoms with Crippen LogP contribution < -0.4 is 0 Å². The number of aromatic hydroxyl groups is 1. The Hall–Kier alpha value is -3.06. The summed E-state index contributed by atoms with van der Waals surface area (Å²) in [4.78, 5) is 26.1. The molecule has 2 rings (SSSR count). The van der Waals surface area contributed by atoms with Crippen molar-refractivity contribution in [3.05, 3.63) is 63.7 Å². The maximum absolute atomic E-state index is 11.8. The van der Waals surface area contributed by atoms with Crippen LogP contribution in [0.25, 0.3) is 0 Å². The van der Waals surface area contributed by atoms with Crippen molar-refractivity contribution in [3.8, 4) is 5.75 Å². The molecule has 0 radical (unpaired) electrons. The van der Waals surface area contributed by atoms with E-state index in [1.165, 1.54) is 31.5 Å². The molecular formula is C16H14N2O5. The van der Waals surface area contributed by atoms with Gasteiger partial charge >= 0.3 is 0 Å². The summed E-state index contributed by atoms with van der Waals surface area (Å²) in [6.45, 7) is -0.0289. The van der Waals surface area contributed by atoms with E-state index in [9.17, 15) is 20.0 Å². The van der Waals surface area contributed by atoms with Crippen LogP contribution in [0, 0.1) is 10.1 Å². The molecule has 1 N–H and O–H groups in total. The number of phenolic OH excluding ortho intramolecular Hbond substituents is 1. The van der Waals surface area contributed by atoms with Crippen LogP contribution >= 0.6 is 0 Å². The standard InChI is InChI=1S/C16H14N2O5/c1-23-10-16(20)11-3-2-4-13(7-11)17-9-12-8-14(18(21)22)5-6-15(12)19/h2-9,19H,10H2,1H3. The van der Waals surface area contributed by atoms with Gasteiger partial charge in [-0.15, -0.1) is 0 Å². The molecule has 2 aromatic carbocycles. The molecule has 0 spiro atoms. The van der Waals surface area contributed by atoms with Gasteiger partial charge in [0, 0.05) is 36.6 Å². The van der Waals surface area contributed by atoms with Crippen molar-refractivity contribution >= 4 is 23.4 Å². The van der Waals surface area contributed by atoms with Gasteiger partial charge in [0.25, 0.3) is 5.69 Å². The summed E-state index contributed by atoms with van der Waals surface area (Å²) in [6, 6.07) is 10.2. The second-order valence-electron chi connectivity index (χ2n) is 4.66. The summed E-state index contributed by atoms with van der Waals surface area (Å²) in [5.41, 5.74) is 1.00. The van der Waals surface area contributed by atoms with Crippen LogP contribution in [0.3, 0.4) is 0 Å². The van der Waals surface area contributed by atoms with Gasteiger partial charge in [-0.1, -0.05) is 12.1 Å². The average Bonchev–Trinajstić information content (AvgIpc) is 2.54. The largest absolute Gasteiger partial charge is 0.507 e.